The smallest absolute Gasteiger partial charge is 0.250 e. The molecule has 2 aliphatic rings. The first-order chi connectivity index (χ1) is 12.6. The van der Waals surface area contributed by atoms with Crippen LogP contribution in [-0.4, -0.2) is 33.1 Å². The first-order valence-corrected chi connectivity index (χ1v) is 12.8. The minimum absolute atomic E-state index is 0.151. The summed E-state index contributed by atoms with van der Waals surface area (Å²) in [6.07, 6.45) is 4.67. The topological polar surface area (TPSA) is 44.8 Å². The summed E-state index contributed by atoms with van der Waals surface area (Å²) in [5, 5.41) is 0.153. The Morgan fingerprint density at radius 3 is 2.70 bits per heavy atom. The van der Waals surface area contributed by atoms with Gasteiger partial charge in [0.25, 0.3) is 0 Å². The van der Waals surface area contributed by atoms with Crippen molar-refractivity contribution in [3.8, 4) is 5.75 Å². The lowest BCUT2D eigenvalue weighted by molar-refractivity contribution is -0.136. The van der Waals surface area contributed by atoms with Gasteiger partial charge in [0, 0.05) is 25.9 Å². The van der Waals surface area contributed by atoms with Gasteiger partial charge >= 0.3 is 0 Å². The van der Waals surface area contributed by atoms with Crippen LogP contribution in [0.3, 0.4) is 0 Å². The number of allylic oxidation sites excluding steroid dienone is 1. The molecule has 0 aromatic heterocycles. The second-order valence-electron chi connectivity index (χ2n) is 9.12. The average Bonchev–Trinajstić information content (AvgIpc) is 3.17. The van der Waals surface area contributed by atoms with Crippen molar-refractivity contribution in [3.63, 3.8) is 0 Å². The van der Waals surface area contributed by atoms with E-state index in [1.165, 1.54) is 0 Å². The van der Waals surface area contributed by atoms with Gasteiger partial charge in [-0.15, -0.1) is 0 Å². The van der Waals surface area contributed by atoms with E-state index in [9.17, 15) is 4.79 Å². The predicted molar refractivity (Wildman–Crippen MR) is 110 cm³/mol. The summed E-state index contributed by atoms with van der Waals surface area (Å²) in [6.45, 7) is 12.0. The fourth-order valence-electron chi connectivity index (χ4n) is 3.17. The zero-order valence-electron chi connectivity index (χ0n) is 17.2. The van der Waals surface area contributed by atoms with E-state index in [2.05, 4.69) is 46.0 Å². The number of ketones is 1. The zero-order valence-corrected chi connectivity index (χ0v) is 18.2. The summed E-state index contributed by atoms with van der Waals surface area (Å²) in [6, 6.07) is 8.15. The maximum Gasteiger partial charge on any atom is 0.250 e. The van der Waals surface area contributed by atoms with Crippen LogP contribution >= 0.6 is 0 Å². The number of carbonyl (C=O) groups excluding carboxylic acids is 1. The molecule has 148 valence electrons. The molecule has 0 bridgehead atoms. The van der Waals surface area contributed by atoms with Crippen LogP contribution in [0.25, 0.3) is 0 Å². The van der Waals surface area contributed by atoms with E-state index in [1.54, 1.807) is 0 Å². The molecular formula is C22H32O4Si. The Balaban J connectivity index is 1.66. The number of carbonyl (C=O) groups is 1. The summed E-state index contributed by atoms with van der Waals surface area (Å²) in [5.41, 5.74) is 1.94. The normalized spacial score (nSPS) is 23.6. The minimum Gasteiger partial charge on any atom is -0.543 e. The fraction of sp³-hybridized carbons (Fsp3) is 0.591. The Labute approximate surface area is 164 Å². The van der Waals surface area contributed by atoms with E-state index in [0.717, 1.165) is 36.3 Å². The minimum atomic E-state index is -1.87. The zero-order chi connectivity index (χ0) is 19.7. The summed E-state index contributed by atoms with van der Waals surface area (Å²) >= 11 is 0. The third-order valence-electron chi connectivity index (χ3n) is 5.82. The molecule has 0 spiro atoms. The van der Waals surface area contributed by atoms with E-state index in [-0.39, 0.29) is 23.2 Å². The number of ether oxygens (including phenoxy) is 2. The number of hydrogen-bond acceptors (Lipinski definition) is 4. The highest BCUT2D eigenvalue weighted by Gasteiger charge is 2.39. The highest BCUT2D eigenvalue weighted by atomic mass is 28.4. The number of benzene rings is 1. The Morgan fingerprint density at radius 1 is 1.26 bits per heavy atom. The summed E-state index contributed by atoms with van der Waals surface area (Å²) in [4.78, 5) is 12.4. The van der Waals surface area contributed by atoms with Crippen LogP contribution < -0.4 is 4.43 Å². The molecule has 3 rings (SSSR count). The average molecular weight is 389 g/mol. The molecule has 0 N–H and O–H groups in total. The van der Waals surface area contributed by atoms with Crippen LogP contribution in [0.4, 0.5) is 0 Å². The molecule has 4 nitrogen and oxygen atoms in total. The van der Waals surface area contributed by atoms with E-state index in [0.29, 0.717) is 12.8 Å². The van der Waals surface area contributed by atoms with Gasteiger partial charge in [-0.3, -0.25) is 4.79 Å². The van der Waals surface area contributed by atoms with Gasteiger partial charge in [-0.05, 0) is 53.9 Å². The molecule has 27 heavy (non-hydrogen) atoms. The van der Waals surface area contributed by atoms with E-state index < -0.39 is 8.32 Å². The Morgan fingerprint density at radius 2 is 2.04 bits per heavy atom. The molecule has 1 heterocycles. The number of Topliss-reactive ketones (excluding diaryl/α,β-unsaturated/α-hetero) is 1. The van der Waals surface area contributed by atoms with Crippen molar-refractivity contribution in [2.24, 2.45) is 0 Å². The van der Waals surface area contributed by atoms with E-state index in [4.69, 9.17) is 13.9 Å². The van der Waals surface area contributed by atoms with Crippen LogP contribution in [0.2, 0.25) is 18.1 Å². The lowest BCUT2D eigenvalue weighted by Gasteiger charge is -2.36. The van der Waals surface area contributed by atoms with E-state index >= 15 is 0 Å². The van der Waals surface area contributed by atoms with Gasteiger partial charge in [0.15, 0.2) is 12.1 Å². The first-order valence-electron chi connectivity index (χ1n) is 9.93. The third-order valence-corrected chi connectivity index (χ3v) is 10.2. The number of hydrogen-bond donors (Lipinski definition) is 0. The quantitative estimate of drug-likeness (QED) is 0.641. The van der Waals surface area contributed by atoms with Gasteiger partial charge in [-0.1, -0.05) is 32.9 Å². The summed E-state index contributed by atoms with van der Waals surface area (Å²) in [5.74, 6) is 1.08. The maximum absolute atomic E-state index is 12.4. The van der Waals surface area contributed by atoms with Crippen molar-refractivity contribution in [2.45, 2.75) is 77.0 Å². The van der Waals surface area contributed by atoms with Crippen molar-refractivity contribution in [3.05, 3.63) is 41.5 Å². The third kappa shape index (κ3) is 5.09. The molecule has 5 heteroatoms. The Kier molecular flexibility index (Phi) is 5.94. The molecule has 0 radical (unpaired) electrons. The monoisotopic (exact) mass is 388 g/mol. The molecule has 0 saturated carbocycles. The van der Waals surface area contributed by atoms with Crippen molar-refractivity contribution >= 4 is 14.1 Å². The summed E-state index contributed by atoms with van der Waals surface area (Å²) in [7, 11) is -1.87. The largest absolute Gasteiger partial charge is 0.543 e. The van der Waals surface area contributed by atoms with Crippen LogP contribution in [0, 0.1) is 0 Å². The molecule has 1 unspecified atom stereocenters. The standard InChI is InChI=1S/C22H32O4Si/c1-22(2,3)27(4,5)26-18-9-6-8-16(13-18)12-17-14-19(15-20(17)23)25-21-10-7-11-24-21/h6,8-9,13-14,19,21H,7,10-12,15H2,1-5H3/t19-,21?/m0/s1. The van der Waals surface area contributed by atoms with Crippen LogP contribution in [0.1, 0.15) is 45.6 Å². The van der Waals surface area contributed by atoms with Crippen molar-refractivity contribution in [2.75, 3.05) is 6.61 Å². The molecule has 1 fully saturated rings. The molecule has 0 amide bonds. The SMILES string of the molecule is CC(C)(C)[Si](C)(C)Oc1cccc(CC2=C[C@H](OC3CCCO3)CC2=O)c1. The lowest BCUT2D eigenvalue weighted by atomic mass is 10.0. The highest BCUT2D eigenvalue weighted by Crippen LogP contribution is 2.37. The molecular weight excluding hydrogens is 356 g/mol. The van der Waals surface area contributed by atoms with Crippen molar-refractivity contribution in [1.82, 2.24) is 0 Å². The lowest BCUT2D eigenvalue weighted by Crippen LogP contribution is -2.43. The van der Waals surface area contributed by atoms with Gasteiger partial charge in [0.1, 0.15) is 5.75 Å². The molecule has 1 aromatic carbocycles. The van der Waals surface area contributed by atoms with Crippen molar-refractivity contribution < 1.29 is 18.7 Å². The van der Waals surface area contributed by atoms with Gasteiger partial charge in [-0.2, -0.15) is 0 Å². The fourth-order valence-corrected chi connectivity index (χ4v) is 4.19. The maximum atomic E-state index is 12.4. The van der Waals surface area contributed by atoms with E-state index in [1.807, 2.05) is 18.2 Å². The van der Waals surface area contributed by atoms with Gasteiger partial charge < -0.3 is 13.9 Å². The predicted octanol–water partition coefficient (Wildman–Crippen LogP) is 5.03. The first kappa shape index (κ1) is 20.3. The van der Waals surface area contributed by atoms with Crippen LogP contribution in [0.15, 0.2) is 35.9 Å². The van der Waals surface area contributed by atoms with Crippen LogP contribution in [0.5, 0.6) is 5.75 Å². The second kappa shape index (κ2) is 7.90. The highest BCUT2D eigenvalue weighted by molar-refractivity contribution is 6.74. The molecule has 1 saturated heterocycles. The van der Waals surface area contributed by atoms with Gasteiger partial charge in [0.05, 0.1) is 6.10 Å². The molecule has 1 aliphatic carbocycles. The molecule has 1 aliphatic heterocycles. The summed E-state index contributed by atoms with van der Waals surface area (Å²) < 4.78 is 17.8. The molecule has 1 aromatic rings. The Bertz CT molecular complexity index is 711. The van der Waals surface area contributed by atoms with Crippen molar-refractivity contribution in [1.29, 1.82) is 0 Å². The Hall–Kier alpha value is -1.43. The van der Waals surface area contributed by atoms with Crippen LogP contribution in [-0.2, 0) is 20.7 Å². The van der Waals surface area contributed by atoms with Gasteiger partial charge in [-0.25, -0.2) is 0 Å². The van der Waals surface area contributed by atoms with Gasteiger partial charge in [0.2, 0.25) is 8.32 Å². The molecule has 2 atom stereocenters. The second-order valence-corrected chi connectivity index (χ2v) is 13.8. The number of rotatable bonds is 6.